The van der Waals surface area contributed by atoms with Crippen molar-refractivity contribution in [2.24, 2.45) is 0 Å². The Labute approximate surface area is 296 Å². The lowest BCUT2D eigenvalue weighted by molar-refractivity contribution is 0.673. The van der Waals surface area contributed by atoms with Gasteiger partial charge >= 0.3 is 0 Å². The van der Waals surface area contributed by atoms with Gasteiger partial charge in [0.2, 0.25) is 0 Å². The summed E-state index contributed by atoms with van der Waals surface area (Å²) in [4.78, 5) is 10.2. The Morgan fingerprint density at radius 1 is 0.490 bits per heavy atom. The molecular formula is C46H27N3OS. The molecule has 4 nitrogen and oxygen atoms in total. The first-order valence-corrected chi connectivity index (χ1v) is 17.9. The van der Waals surface area contributed by atoms with E-state index in [1.807, 2.05) is 47.7 Å². The van der Waals surface area contributed by atoms with Crippen LogP contribution >= 0.6 is 11.3 Å². The molecule has 4 aromatic heterocycles. The van der Waals surface area contributed by atoms with E-state index < -0.39 is 0 Å². The van der Waals surface area contributed by atoms with Crippen LogP contribution in [0.2, 0.25) is 0 Å². The monoisotopic (exact) mass is 669 g/mol. The van der Waals surface area contributed by atoms with Gasteiger partial charge < -0.3 is 8.98 Å². The lowest BCUT2D eigenvalue weighted by Crippen LogP contribution is -1.97. The van der Waals surface area contributed by atoms with Crippen LogP contribution in [0.15, 0.2) is 168 Å². The Morgan fingerprint density at radius 3 is 1.82 bits per heavy atom. The predicted octanol–water partition coefficient (Wildman–Crippen LogP) is 12.8. The van der Waals surface area contributed by atoms with E-state index >= 15 is 0 Å². The highest BCUT2D eigenvalue weighted by Gasteiger charge is 2.25. The molecule has 0 aliphatic carbocycles. The standard InChI is InChI=1S/C46H27N3OS/c1-3-13-28(14-4-1)35-27-36(29-15-5-2-6-16-29)48-46(47-35)30-23-25-31(26-24-30)49-37-20-10-7-17-32(37)40-41-33-18-8-11-21-38(33)50-44(41)42-34-19-9-12-22-39(34)51-45(42)43(40)49/h1-27H. The molecule has 11 aromatic rings. The summed E-state index contributed by atoms with van der Waals surface area (Å²) in [6.45, 7) is 0. The van der Waals surface area contributed by atoms with Crippen molar-refractivity contribution in [2.45, 2.75) is 0 Å². The molecule has 0 amide bonds. The maximum Gasteiger partial charge on any atom is 0.160 e. The van der Waals surface area contributed by atoms with E-state index in [1.54, 1.807) is 0 Å². The molecule has 7 aromatic carbocycles. The number of nitrogens with zero attached hydrogens (tertiary/aromatic N) is 3. The first-order valence-electron chi connectivity index (χ1n) is 17.1. The summed E-state index contributed by atoms with van der Waals surface area (Å²) in [5.74, 6) is 0.697. The number of hydrogen-bond acceptors (Lipinski definition) is 4. The van der Waals surface area contributed by atoms with E-state index in [2.05, 4.69) is 132 Å². The van der Waals surface area contributed by atoms with Crippen molar-refractivity contribution < 1.29 is 4.42 Å². The van der Waals surface area contributed by atoms with E-state index in [0.717, 1.165) is 55.8 Å². The molecular weight excluding hydrogens is 643 g/mol. The van der Waals surface area contributed by atoms with Crippen LogP contribution in [0.4, 0.5) is 0 Å². The van der Waals surface area contributed by atoms with Gasteiger partial charge in [0.05, 0.1) is 27.1 Å². The van der Waals surface area contributed by atoms with Gasteiger partial charge in [-0.1, -0.05) is 115 Å². The molecule has 0 atom stereocenters. The molecule has 0 fully saturated rings. The van der Waals surface area contributed by atoms with Gasteiger partial charge in [0, 0.05) is 59.4 Å². The van der Waals surface area contributed by atoms with Gasteiger partial charge in [0.25, 0.3) is 0 Å². The molecule has 51 heavy (non-hydrogen) atoms. The molecule has 5 heteroatoms. The minimum Gasteiger partial charge on any atom is -0.455 e. The Balaban J connectivity index is 1.18. The van der Waals surface area contributed by atoms with Crippen molar-refractivity contribution in [3.8, 4) is 39.6 Å². The highest BCUT2D eigenvalue weighted by Crippen LogP contribution is 2.50. The number of hydrogen-bond donors (Lipinski definition) is 0. The number of furan rings is 1. The van der Waals surface area contributed by atoms with Gasteiger partial charge in [0.15, 0.2) is 5.82 Å². The zero-order valence-corrected chi connectivity index (χ0v) is 28.1. The average Bonchev–Trinajstić information content (AvgIpc) is 3.88. The second-order valence-corrected chi connectivity index (χ2v) is 14.0. The Bertz CT molecular complexity index is 3060. The second kappa shape index (κ2) is 11.0. The minimum absolute atomic E-state index is 0.697. The molecule has 4 heterocycles. The van der Waals surface area contributed by atoms with E-state index in [9.17, 15) is 0 Å². The number of thiophene rings is 1. The molecule has 238 valence electrons. The fraction of sp³-hybridized carbons (Fsp3) is 0. The predicted molar refractivity (Wildman–Crippen MR) is 213 cm³/mol. The Hall–Kier alpha value is -6.56. The second-order valence-electron chi connectivity index (χ2n) is 12.9. The van der Waals surface area contributed by atoms with Crippen molar-refractivity contribution in [3.63, 3.8) is 0 Å². The van der Waals surface area contributed by atoms with E-state index in [0.29, 0.717) is 5.82 Å². The average molecular weight is 670 g/mol. The molecule has 0 aliphatic rings. The third-order valence-electron chi connectivity index (χ3n) is 10.0. The van der Waals surface area contributed by atoms with Gasteiger partial charge in [-0.05, 0) is 48.5 Å². The zero-order valence-electron chi connectivity index (χ0n) is 27.2. The van der Waals surface area contributed by atoms with Crippen molar-refractivity contribution in [2.75, 3.05) is 0 Å². The van der Waals surface area contributed by atoms with Crippen LogP contribution in [-0.2, 0) is 0 Å². The highest BCUT2D eigenvalue weighted by atomic mass is 32.1. The summed E-state index contributed by atoms with van der Waals surface area (Å²) in [7, 11) is 0. The van der Waals surface area contributed by atoms with Gasteiger partial charge in [-0.25, -0.2) is 9.97 Å². The molecule has 0 radical (unpaired) electrons. The van der Waals surface area contributed by atoms with E-state index in [1.165, 1.54) is 41.8 Å². The Kier molecular flexibility index (Phi) is 6.09. The minimum atomic E-state index is 0.697. The van der Waals surface area contributed by atoms with Crippen molar-refractivity contribution >= 4 is 75.3 Å². The van der Waals surface area contributed by atoms with Crippen LogP contribution in [0.5, 0.6) is 0 Å². The molecule has 0 unspecified atom stereocenters. The maximum absolute atomic E-state index is 6.74. The third kappa shape index (κ3) is 4.25. The summed E-state index contributed by atoms with van der Waals surface area (Å²) in [6.07, 6.45) is 0. The number of rotatable bonds is 4. The number of fused-ring (bicyclic) bond motifs is 12. The van der Waals surface area contributed by atoms with E-state index in [4.69, 9.17) is 14.4 Å². The molecule has 0 aliphatic heterocycles. The van der Waals surface area contributed by atoms with Crippen molar-refractivity contribution in [1.29, 1.82) is 0 Å². The summed E-state index contributed by atoms with van der Waals surface area (Å²) in [5.41, 5.74) is 10.2. The topological polar surface area (TPSA) is 43.9 Å². The van der Waals surface area contributed by atoms with Crippen LogP contribution < -0.4 is 0 Å². The summed E-state index contributed by atoms with van der Waals surface area (Å²) in [6, 6.07) is 57.3. The van der Waals surface area contributed by atoms with Gasteiger partial charge in [0.1, 0.15) is 11.2 Å². The molecule has 0 N–H and O–H groups in total. The van der Waals surface area contributed by atoms with Crippen LogP contribution in [0, 0.1) is 0 Å². The largest absolute Gasteiger partial charge is 0.455 e. The normalized spacial score (nSPS) is 11.9. The SMILES string of the molecule is c1ccc(-c2cc(-c3ccccc3)nc(-c3ccc(-n4c5ccccc5c5c6c7ccccc7oc6c6c7ccccc7sc6c54)cc3)n2)cc1. The third-order valence-corrected chi connectivity index (χ3v) is 11.2. The quantitative estimate of drug-likeness (QED) is 0.187. The summed E-state index contributed by atoms with van der Waals surface area (Å²) < 4.78 is 11.6. The zero-order chi connectivity index (χ0) is 33.5. The number of para-hydroxylation sites is 2. The van der Waals surface area contributed by atoms with Crippen molar-refractivity contribution in [1.82, 2.24) is 14.5 Å². The number of benzene rings is 7. The maximum atomic E-state index is 6.74. The summed E-state index contributed by atoms with van der Waals surface area (Å²) >= 11 is 1.84. The molecule has 0 spiro atoms. The van der Waals surface area contributed by atoms with Crippen LogP contribution in [-0.4, -0.2) is 14.5 Å². The molecule has 0 saturated carbocycles. The molecule has 0 saturated heterocycles. The van der Waals surface area contributed by atoms with Gasteiger partial charge in [-0.2, -0.15) is 0 Å². The lowest BCUT2D eigenvalue weighted by Gasteiger charge is -2.12. The summed E-state index contributed by atoms with van der Waals surface area (Å²) in [5, 5.41) is 7.13. The van der Waals surface area contributed by atoms with Crippen molar-refractivity contribution in [3.05, 3.63) is 164 Å². The fourth-order valence-electron chi connectivity index (χ4n) is 7.73. The van der Waals surface area contributed by atoms with Gasteiger partial charge in [-0.15, -0.1) is 11.3 Å². The van der Waals surface area contributed by atoms with Gasteiger partial charge in [-0.3, -0.25) is 0 Å². The highest BCUT2D eigenvalue weighted by molar-refractivity contribution is 7.27. The van der Waals surface area contributed by atoms with Crippen LogP contribution in [0.25, 0.3) is 104 Å². The van der Waals surface area contributed by atoms with Crippen LogP contribution in [0.1, 0.15) is 0 Å². The smallest absolute Gasteiger partial charge is 0.160 e. The lowest BCUT2D eigenvalue weighted by atomic mass is 10.0. The van der Waals surface area contributed by atoms with E-state index in [-0.39, 0.29) is 0 Å². The Morgan fingerprint density at radius 2 is 1.10 bits per heavy atom. The van der Waals surface area contributed by atoms with Crippen LogP contribution in [0.3, 0.4) is 0 Å². The molecule has 0 bridgehead atoms. The first-order chi connectivity index (χ1) is 25.3. The molecule has 11 rings (SSSR count). The fourth-order valence-corrected chi connectivity index (χ4v) is 8.97. The number of aromatic nitrogens is 3. The first kappa shape index (κ1) is 28.3.